The maximum absolute atomic E-state index is 14.4. The SMILES string of the molecule is COc1ccc(CO[C@]23C=C4C(=O)C(C)=C2O[C@]25C(=O)C[C@@H](O)[C@@]2(O3)c2cc(cc(Cl)c2[C@H]5OC(C)=O)[C@@H](OC(C)=O)COC(=O)[C@@H]4OC)cc1. The van der Waals surface area contributed by atoms with Crippen LogP contribution in [0.2, 0.25) is 5.02 Å². The maximum atomic E-state index is 14.4. The van der Waals surface area contributed by atoms with Gasteiger partial charge in [-0.15, -0.1) is 0 Å². The molecule has 5 aliphatic rings. The summed E-state index contributed by atoms with van der Waals surface area (Å²) in [4.78, 5) is 67.1. The zero-order valence-electron chi connectivity index (χ0n) is 28.1. The number of methoxy groups -OCH3 is 2. The number of ether oxygens (including phenoxy) is 8. The van der Waals surface area contributed by atoms with Gasteiger partial charge in [-0.2, -0.15) is 0 Å². The summed E-state index contributed by atoms with van der Waals surface area (Å²) in [5.74, 6) is -5.90. The summed E-state index contributed by atoms with van der Waals surface area (Å²) < 4.78 is 48.0. The number of hydrogen-bond acceptors (Lipinski definition) is 14. The number of rotatable bonds is 7. The fourth-order valence-electron chi connectivity index (χ4n) is 7.71. The number of fused-ring (bicyclic) bond motifs is 1. The molecule has 2 aromatic carbocycles. The Labute approximate surface area is 296 Å². The molecular formula is C36H33ClO14. The van der Waals surface area contributed by atoms with E-state index in [1.807, 2.05) is 0 Å². The fraction of sp³-hybridized carbons (Fsp3) is 0.417. The van der Waals surface area contributed by atoms with Gasteiger partial charge in [0.1, 0.15) is 12.4 Å². The van der Waals surface area contributed by atoms with Gasteiger partial charge in [0.15, 0.2) is 41.2 Å². The molecule has 1 saturated carbocycles. The molecule has 7 atom stereocenters. The lowest BCUT2D eigenvalue weighted by Crippen LogP contribution is -2.67. The lowest BCUT2D eigenvalue weighted by atomic mass is 9.78. The van der Waals surface area contributed by atoms with E-state index in [0.717, 1.165) is 13.8 Å². The number of hydrogen-bond donors (Lipinski definition) is 1. The van der Waals surface area contributed by atoms with Crippen molar-refractivity contribution in [3.05, 3.63) is 86.7 Å². The number of benzene rings is 2. The molecule has 2 aliphatic heterocycles. The van der Waals surface area contributed by atoms with Crippen molar-refractivity contribution in [1.29, 1.82) is 0 Å². The van der Waals surface area contributed by atoms with Crippen LogP contribution in [0.1, 0.15) is 61.7 Å². The molecule has 0 aromatic heterocycles. The van der Waals surface area contributed by atoms with Crippen molar-refractivity contribution in [3.63, 3.8) is 0 Å². The normalized spacial score (nSPS) is 31.9. The largest absolute Gasteiger partial charge is 0.497 e. The van der Waals surface area contributed by atoms with Crippen LogP contribution in [0.15, 0.2) is 59.4 Å². The van der Waals surface area contributed by atoms with Crippen LogP contribution in [-0.2, 0) is 69.3 Å². The summed E-state index contributed by atoms with van der Waals surface area (Å²) in [6, 6.07) is 9.73. The Balaban J connectivity index is 1.54. The van der Waals surface area contributed by atoms with Crippen molar-refractivity contribution >= 4 is 41.1 Å². The highest BCUT2D eigenvalue weighted by molar-refractivity contribution is 6.32. The first kappa shape index (κ1) is 34.8. The molecule has 51 heavy (non-hydrogen) atoms. The van der Waals surface area contributed by atoms with Gasteiger partial charge in [0, 0.05) is 54.7 Å². The lowest BCUT2D eigenvalue weighted by molar-refractivity contribution is -0.364. The van der Waals surface area contributed by atoms with Crippen molar-refractivity contribution in [1.82, 2.24) is 0 Å². The molecule has 0 unspecified atom stereocenters. The number of carbonyl (C=O) groups is 5. The highest BCUT2D eigenvalue weighted by Gasteiger charge is 2.83. The van der Waals surface area contributed by atoms with Crippen LogP contribution in [0.5, 0.6) is 5.75 Å². The third-order valence-corrected chi connectivity index (χ3v) is 10.2. The Hall–Kier alpha value is -4.60. The van der Waals surface area contributed by atoms with E-state index in [1.165, 1.54) is 39.4 Å². The molecule has 1 N–H and O–H groups in total. The Kier molecular flexibility index (Phi) is 8.38. The lowest BCUT2D eigenvalue weighted by Gasteiger charge is -2.54. The number of aliphatic hydroxyl groups excluding tert-OH is 1. The minimum absolute atomic E-state index is 0.0663. The molecular weight excluding hydrogens is 692 g/mol. The minimum Gasteiger partial charge on any atom is -0.497 e. The zero-order chi connectivity index (χ0) is 36.6. The summed E-state index contributed by atoms with van der Waals surface area (Å²) in [5.41, 5.74) is -3.98. The van der Waals surface area contributed by atoms with Crippen LogP contribution in [0.3, 0.4) is 0 Å². The van der Waals surface area contributed by atoms with Gasteiger partial charge in [-0.05, 0) is 48.4 Å². The van der Waals surface area contributed by atoms with E-state index in [2.05, 4.69) is 0 Å². The van der Waals surface area contributed by atoms with E-state index in [-0.39, 0.29) is 45.2 Å². The molecule has 14 nitrogen and oxygen atoms in total. The van der Waals surface area contributed by atoms with Crippen molar-refractivity contribution in [3.8, 4) is 5.75 Å². The van der Waals surface area contributed by atoms with Gasteiger partial charge in [-0.3, -0.25) is 19.2 Å². The Morgan fingerprint density at radius 2 is 1.73 bits per heavy atom. The van der Waals surface area contributed by atoms with E-state index in [1.54, 1.807) is 24.3 Å². The maximum Gasteiger partial charge on any atom is 0.340 e. The van der Waals surface area contributed by atoms with Crippen molar-refractivity contribution in [2.24, 2.45) is 0 Å². The van der Waals surface area contributed by atoms with Crippen LogP contribution < -0.4 is 4.74 Å². The third-order valence-electron chi connectivity index (χ3n) is 9.86. The van der Waals surface area contributed by atoms with Gasteiger partial charge < -0.3 is 43.0 Å². The van der Waals surface area contributed by atoms with Crippen LogP contribution in [0.25, 0.3) is 0 Å². The van der Waals surface area contributed by atoms with Crippen molar-refractivity contribution in [2.45, 2.75) is 75.2 Å². The molecule has 0 radical (unpaired) electrons. The highest BCUT2D eigenvalue weighted by atomic mass is 35.5. The molecule has 2 fully saturated rings. The van der Waals surface area contributed by atoms with Gasteiger partial charge >= 0.3 is 17.9 Å². The van der Waals surface area contributed by atoms with E-state index in [0.29, 0.717) is 11.3 Å². The average Bonchev–Trinajstić information content (AvgIpc) is 3.46. The molecule has 3 aliphatic carbocycles. The fourth-order valence-corrected chi connectivity index (χ4v) is 8.03. The number of esters is 3. The van der Waals surface area contributed by atoms with Crippen molar-refractivity contribution < 1.29 is 67.0 Å². The summed E-state index contributed by atoms with van der Waals surface area (Å²) in [6.07, 6.45) is -5.49. The Bertz CT molecular complexity index is 1950. The number of ketones is 2. The first-order valence-electron chi connectivity index (χ1n) is 16.0. The number of aliphatic hydroxyl groups is 1. The standard InChI is InChI=1S/C36H33ClO14/c1-16-29(42)22-13-34(47-14-19-6-8-21(44-4)9-7-19)31(16)50-36-27(41)12-26(40)35(36,51-34)23-10-20(11-24(37)28(23)32(36)49-18(3)39)25(48-17(2)38)15-46-33(43)30(22)45-5/h6-11,13,25-26,30,32,40H,12,14-15H2,1-5H3/t25-,26+,30+,32+,34-,35-,36-/m0/s1. The summed E-state index contributed by atoms with van der Waals surface area (Å²) >= 11 is 6.94. The molecule has 15 heteroatoms. The molecule has 5 bridgehead atoms. The smallest absolute Gasteiger partial charge is 0.340 e. The summed E-state index contributed by atoms with van der Waals surface area (Å²) in [5, 5.41) is 12.0. The summed E-state index contributed by atoms with van der Waals surface area (Å²) in [7, 11) is 2.71. The second kappa shape index (κ2) is 12.3. The Morgan fingerprint density at radius 3 is 2.37 bits per heavy atom. The van der Waals surface area contributed by atoms with E-state index in [9.17, 15) is 29.1 Å². The van der Waals surface area contributed by atoms with Crippen molar-refractivity contribution in [2.75, 3.05) is 20.8 Å². The van der Waals surface area contributed by atoms with E-state index >= 15 is 0 Å². The van der Waals surface area contributed by atoms with Crippen LogP contribution >= 0.6 is 11.6 Å². The molecule has 7 rings (SSSR count). The quantitative estimate of drug-likeness (QED) is 0.325. The minimum atomic E-state index is -2.32. The van der Waals surface area contributed by atoms with Gasteiger partial charge in [0.05, 0.1) is 19.8 Å². The van der Waals surface area contributed by atoms with Gasteiger partial charge in [-0.1, -0.05) is 23.7 Å². The monoisotopic (exact) mass is 724 g/mol. The third kappa shape index (κ3) is 4.95. The number of halogens is 1. The number of allylic oxidation sites excluding steroid dienone is 1. The first-order chi connectivity index (χ1) is 24.2. The summed E-state index contributed by atoms with van der Waals surface area (Å²) in [6.45, 7) is 2.94. The number of carbonyl (C=O) groups excluding carboxylic acids is 5. The molecule has 2 aromatic rings. The predicted octanol–water partition coefficient (Wildman–Crippen LogP) is 3.15. The van der Waals surface area contributed by atoms with Crippen LogP contribution in [0, 0.1) is 0 Å². The molecule has 2 heterocycles. The van der Waals surface area contributed by atoms with E-state index in [4.69, 9.17) is 49.5 Å². The molecule has 0 amide bonds. The second-order valence-corrected chi connectivity index (χ2v) is 13.2. The van der Waals surface area contributed by atoms with Gasteiger partial charge in [0.2, 0.25) is 5.60 Å². The first-order valence-corrected chi connectivity index (χ1v) is 16.3. The van der Waals surface area contributed by atoms with Crippen LogP contribution in [0.4, 0.5) is 0 Å². The molecule has 268 valence electrons. The number of cyclic esters (lactones) is 1. The topological polar surface area (TPSA) is 179 Å². The Morgan fingerprint density at radius 1 is 1.02 bits per heavy atom. The second-order valence-electron chi connectivity index (χ2n) is 12.8. The molecule has 1 spiro atoms. The number of Topliss-reactive ketones (excluding diaryl/α,β-unsaturated/α-hetero) is 2. The van der Waals surface area contributed by atoms with Gasteiger partial charge in [0.25, 0.3) is 5.79 Å². The molecule has 1 saturated heterocycles. The van der Waals surface area contributed by atoms with Gasteiger partial charge in [-0.25, -0.2) is 4.79 Å². The van der Waals surface area contributed by atoms with Crippen LogP contribution in [-0.4, -0.2) is 79.0 Å². The predicted molar refractivity (Wildman–Crippen MR) is 171 cm³/mol. The highest BCUT2D eigenvalue weighted by Crippen LogP contribution is 2.69. The zero-order valence-corrected chi connectivity index (χ0v) is 28.9. The average molecular weight is 725 g/mol. The van der Waals surface area contributed by atoms with E-state index < -0.39 is 83.9 Å².